The van der Waals surface area contributed by atoms with Crippen molar-refractivity contribution in [3.63, 3.8) is 0 Å². The molecule has 0 N–H and O–H groups in total. The Hall–Kier alpha value is -3.37. The summed E-state index contributed by atoms with van der Waals surface area (Å²) in [7, 11) is 1.80. The van der Waals surface area contributed by atoms with E-state index in [4.69, 9.17) is 9.26 Å². The maximum atomic E-state index is 5.85. The molecular formula is C16H19N9O2. The van der Waals surface area contributed by atoms with E-state index in [9.17, 15) is 0 Å². The molecule has 0 aromatic carbocycles. The summed E-state index contributed by atoms with van der Waals surface area (Å²) in [5, 5.41) is 24.8. The van der Waals surface area contributed by atoms with Crippen molar-refractivity contribution in [3.8, 4) is 17.5 Å². The Morgan fingerprint density at radius 1 is 1.19 bits per heavy atom. The Morgan fingerprint density at radius 2 is 2.00 bits per heavy atom. The van der Waals surface area contributed by atoms with E-state index in [0.29, 0.717) is 34.8 Å². The van der Waals surface area contributed by atoms with Gasteiger partial charge in [0.1, 0.15) is 12.3 Å². The summed E-state index contributed by atoms with van der Waals surface area (Å²) >= 11 is 0. The summed E-state index contributed by atoms with van der Waals surface area (Å²) in [6, 6.07) is 1.87. The zero-order valence-corrected chi connectivity index (χ0v) is 15.7. The lowest BCUT2D eigenvalue weighted by Crippen LogP contribution is -2.15. The molecule has 0 amide bonds. The van der Waals surface area contributed by atoms with Crippen molar-refractivity contribution >= 4 is 5.65 Å². The Morgan fingerprint density at radius 3 is 2.63 bits per heavy atom. The van der Waals surface area contributed by atoms with Gasteiger partial charge in [0.25, 0.3) is 0 Å². The third-order valence-electron chi connectivity index (χ3n) is 3.90. The van der Waals surface area contributed by atoms with Crippen LogP contribution in [-0.2, 0) is 19.1 Å². The van der Waals surface area contributed by atoms with Crippen molar-refractivity contribution in [2.24, 2.45) is 7.05 Å². The normalized spacial score (nSPS) is 12.0. The minimum atomic E-state index is -0.202. The standard InChI is InChI=1S/C16H19N9O2/c1-9-17-13(22-27-9)15-20-19-14-11(16(2,3)4)6-12(21-25(14)15)26-8-10-7-24(5)23-18-10/h6-7H,8H2,1-5H3. The fourth-order valence-corrected chi connectivity index (χ4v) is 2.62. The van der Waals surface area contributed by atoms with Crippen LogP contribution in [0.25, 0.3) is 17.3 Å². The van der Waals surface area contributed by atoms with Gasteiger partial charge in [-0.1, -0.05) is 31.1 Å². The number of nitrogens with zero attached hydrogens (tertiary/aromatic N) is 9. The van der Waals surface area contributed by atoms with E-state index in [1.807, 2.05) is 6.07 Å². The molecule has 0 aliphatic rings. The van der Waals surface area contributed by atoms with E-state index in [-0.39, 0.29) is 12.0 Å². The predicted molar refractivity (Wildman–Crippen MR) is 92.8 cm³/mol. The van der Waals surface area contributed by atoms with E-state index in [2.05, 4.69) is 56.5 Å². The summed E-state index contributed by atoms with van der Waals surface area (Å²) < 4.78 is 14.1. The molecular weight excluding hydrogens is 350 g/mol. The zero-order chi connectivity index (χ0) is 19.2. The van der Waals surface area contributed by atoms with Crippen molar-refractivity contribution in [3.05, 3.63) is 29.4 Å². The summed E-state index contributed by atoms with van der Waals surface area (Å²) in [4.78, 5) is 4.22. The molecule has 4 aromatic heterocycles. The number of aryl methyl sites for hydroxylation is 2. The highest BCUT2D eigenvalue weighted by atomic mass is 16.5. The third-order valence-corrected chi connectivity index (χ3v) is 3.90. The van der Waals surface area contributed by atoms with Crippen LogP contribution in [0.15, 0.2) is 16.8 Å². The van der Waals surface area contributed by atoms with Crippen LogP contribution in [0.1, 0.15) is 37.9 Å². The van der Waals surface area contributed by atoms with E-state index in [0.717, 1.165) is 5.56 Å². The maximum absolute atomic E-state index is 5.85. The number of fused-ring (bicyclic) bond motifs is 1. The predicted octanol–water partition coefficient (Wildman–Crippen LogP) is 1.49. The highest BCUT2D eigenvalue weighted by molar-refractivity contribution is 5.57. The Kier molecular flexibility index (Phi) is 3.86. The van der Waals surface area contributed by atoms with Crippen molar-refractivity contribution < 1.29 is 9.26 Å². The summed E-state index contributed by atoms with van der Waals surface area (Å²) in [5.41, 5.74) is 2.05. The second-order valence-electron chi connectivity index (χ2n) is 7.21. The molecule has 0 radical (unpaired) electrons. The van der Waals surface area contributed by atoms with Gasteiger partial charge in [0.2, 0.25) is 23.4 Å². The molecule has 0 saturated heterocycles. The first-order valence-electron chi connectivity index (χ1n) is 8.37. The first kappa shape index (κ1) is 17.1. The summed E-state index contributed by atoms with van der Waals surface area (Å²) in [6.45, 7) is 8.21. The number of ether oxygens (including phenoxy) is 1. The van der Waals surface area contributed by atoms with Gasteiger partial charge in [-0.25, -0.2) is 0 Å². The molecule has 4 rings (SSSR count). The molecule has 140 valence electrons. The molecule has 11 heteroatoms. The maximum Gasteiger partial charge on any atom is 0.242 e. The zero-order valence-electron chi connectivity index (χ0n) is 15.7. The smallest absolute Gasteiger partial charge is 0.242 e. The third kappa shape index (κ3) is 3.23. The van der Waals surface area contributed by atoms with Crippen molar-refractivity contribution in [1.82, 2.24) is 44.9 Å². The Balaban J connectivity index is 1.79. The van der Waals surface area contributed by atoms with Gasteiger partial charge in [0, 0.05) is 25.6 Å². The van der Waals surface area contributed by atoms with Crippen LogP contribution in [0, 0.1) is 6.92 Å². The van der Waals surface area contributed by atoms with Gasteiger partial charge in [-0.3, -0.25) is 4.68 Å². The first-order valence-corrected chi connectivity index (χ1v) is 8.37. The van der Waals surface area contributed by atoms with E-state index >= 15 is 0 Å². The van der Waals surface area contributed by atoms with E-state index in [1.165, 1.54) is 0 Å². The van der Waals surface area contributed by atoms with Gasteiger partial charge in [0.05, 0.1) is 6.20 Å². The van der Waals surface area contributed by atoms with Crippen LogP contribution in [-0.4, -0.2) is 44.9 Å². The van der Waals surface area contributed by atoms with Gasteiger partial charge in [0.15, 0.2) is 5.65 Å². The van der Waals surface area contributed by atoms with E-state index < -0.39 is 0 Å². The number of aromatic nitrogens is 9. The second-order valence-corrected chi connectivity index (χ2v) is 7.21. The quantitative estimate of drug-likeness (QED) is 0.526. The molecule has 0 fully saturated rings. The molecule has 0 spiro atoms. The van der Waals surface area contributed by atoms with Crippen molar-refractivity contribution in [1.29, 1.82) is 0 Å². The minimum absolute atomic E-state index is 0.202. The van der Waals surface area contributed by atoms with Crippen molar-refractivity contribution in [2.75, 3.05) is 0 Å². The Labute approximate surface area is 154 Å². The fraction of sp³-hybridized carbons (Fsp3) is 0.438. The molecule has 0 bridgehead atoms. The van der Waals surface area contributed by atoms with E-state index in [1.54, 1.807) is 29.4 Å². The highest BCUT2D eigenvalue weighted by Gasteiger charge is 2.25. The summed E-state index contributed by atoms with van der Waals surface area (Å²) in [5.74, 6) is 1.56. The average molecular weight is 369 g/mol. The van der Waals surface area contributed by atoms with Gasteiger partial charge < -0.3 is 9.26 Å². The van der Waals surface area contributed by atoms with Crippen LogP contribution in [0.5, 0.6) is 5.88 Å². The minimum Gasteiger partial charge on any atom is -0.470 e. The molecule has 0 aliphatic carbocycles. The van der Waals surface area contributed by atoms with Crippen molar-refractivity contribution in [2.45, 2.75) is 39.7 Å². The van der Waals surface area contributed by atoms with Gasteiger partial charge in [-0.15, -0.1) is 20.4 Å². The number of rotatable bonds is 4. The first-order chi connectivity index (χ1) is 12.8. The van der Waals surface area contributed by atoms with Crippen LogP contribution >= 0.6 is 0 Å². The second kappa shape index (κ2) is 6.11. The molecule has 0 aliphatic heterocycles. The average Bonchev–Trinajstić information content (AvgIpc) is 3.31. The van der Waals surface area contributed by atoms with Gasteiger partial charge in [-0.05, 0) is 5.41 Å². The van der Waals surface area contributed by atoms with Crippen LogP contribution in [0.3, 0.4) is 0 Å². The number of hydrogen-bond donors (Lipinski definition) is 0. The van der Waals surface area contributed by atoms with Gasteiger partial charge >= 0.3 is 0 Å². The topological polar surface area (TPSA) is 122 Å². The molecule has 0 saturated carbocycles. The van der Waals surface area contributed by atoms with Crippen LogP contribution in [0.4, 0.5) is 0 Å². The Bertz CT molecular complexity index is 1100. The molecule has 27 heavy (non-hydrogen) atoms. The molecule has 11 nitrogen and oxygen atoms in total. The van der Waals surface area contributed by atoms with Gasteiger partial charge in [-0.2, -0.15) is 9.50 Å². The summed E-state index contributed by atoms with van der Waals surface area (Å²) in [6.07, 6.45) is 1.79. The lowest BCUT2D eigenvalue weighted by atomic mass is 9.88. The fourth-order valence-electron chi connectivity index (χ4n) is 2.62. The lowest BCUT2D eigenvalue weighted by Gasteiger charge is -2.19. The number of hydrogen-bond acceptors (Lipinski definition) is 9. The monoisotopic (exact) mass is 369 g/mol. The lowest BCUT2D eigenvalue weighted by molar-refractivity contribution is 0.283. The van der Waals surface area contributed by atoms with Crippen LogP contribution in [0.2, 0.25) is 0 Å². The molecule has 0 unspecified atom stereocenters. The molecule has 4 heterocycles. The van der Waals surface area contributed by atoms with Crippen LogP contribution < -0.4 is 4.74 Å². The molecule has 4 aromatic rings. The molecule has 0 atom stereocenters. The SMILES string of the molecule is Cc1nc(-c2nnc3c(C(C)(C)C)cc(OCc4cn(C)nn4)nn23)no1. The largest absolute Gasteiger partial charge is 0.470 e. The highest BCUT2D eigenvalue weighted by Crippen LogP contribution is 2.29.